The summed E-state index contributed by atoms with van der Waals surface area (Å²) in [6, 6.07) is 26.9. The third kappa shape index (κ3) is 2.98. The van der Waals surface area contributed by atoms with Crippen LogP contribution in [0.1, 0.15) is 71.8 Å². The van der Waals surface area contributed by atoms with Crippen LogP contribution in [0.4, 0.5) is 0 Å². The van der Waals surface area contributed by atoms with E-state index in [0.29, 0.717) is 29.7 Å². The average molecular weight is 493 g/mol. The van der Waals surface area contributed by atoms with Gasteiger partial charge in [0.15, 0.2) is 5.78 Å². The van der Waals surface area contributed by atoms with Crippen LogP contribution in [0.3, 0.4) is 0 Å². The van der Waals surface area contributed by atoms with Crippen LogP contribution in [-0.2, 0) is 14.3 Å². The Hall–Kier alpha value is -3.54. The summed E-state index contributed by atoms with van der Waals surface area (Å²) in [6.07, 6.45) is -0.179. The first-order valence-electron chi connectivity index (χ1n) is 13.0. The van der Waals surface area contributed by atoms with Gasteiger partial charge in [0.05, 0.1) is 6.10 Å². The smallest absolute Gasteiger partial charge is 0.224 e. The molecule has 2 unspecified atom stereocenters. The summed E-state index contributed by atoms with van der Waals surface area (Å²) in [5.41, 5.74) is 2.12. The Bertz CT molecular complexity index is 1440. The van der Waals surface area contributed by atoms with E-state index in [1.807, 2.05) is 78.9 Å². The van der Waals surface area contributed by atoms with Gasteiger partial charge in [-0.25, -0.2) is 0 Å². The normalized spacial score (nSPS) is 34.2. The van der Waals surface area contributed by atoms with Crippen LogP contribution < -0.4 is 0 Å². The lowest BCUT2D eigenvalue weighted by molar-refractivity contribution is -0.294. The van der Waals surface area contributed by atoms with Crippen molar-refractivity contribution in [1.29, 1.82) is 0 Å². The van der Waals surface area contributed by atoms with Gasteiger partial charge in [-0.05, 0) is 34.1 Å². The predicted molar refractivity (Wildman–Crippen MR) is 136 cm³/mol. The Morgan fingerprint density at radius 2 is 1.32 bits per heavy atom. The number of benzene rings is 3. The van der Waals surface area contributed by atoms with E-state index in [1.165, 1.54) is 0 Å². The molecule has 0 saturated heterocycles. The lowest BCUT2D eigenvalue weighted by atomic mass is 9.53. The Kier molecular flexibility index (Phi) is 4.88. The number of hydrogen-bond donors (Lipinski definition) is 2. The molecule has 1 aliphatic heterocycles. The second kappa shape index (κ2) is 7.98. The second-order valence-corrected chi connectivity index (χ2v) is 10.9. The van der Waals surface area contributed by atoms with Gasteiger partial charge in [0.2, 0.25) is 5.79 Å². The van der Waals surface area contributed by atoms with E-state index < -0.39 is 23.2 Å². The minimum Gasteiger partial charge on any atom is -0.465 e. The van der Waals surface area contributed by atoms with Crippen LogP contribution >= 0.6 is 0 Å². The molecule has 5 heteroatoms. The van der Waals surface area contributed by atoms with Crippen LogP contribution in [-0.4, -0.2) is 27.6 Å². The zero-order valence-electron chi connectivity index (χ0n) is 20.3. The Morgan fingerprint density at radius 3 is 2.00 bits per heavy atom. The highest BCUT2D eigenvalue weighted by Crippen LogP contribution is 2.70. The molecule has 2 N–H and O–H groups in total. The molecule has 1 fully saturated rings. The molecule has 0 aromatic heterocycles. The molecule has 5 nitrogen and oxygen atoms in total. The molecule has 4 aliphatic rings. The number of fused-ring (bicyclic) bond motifs is 3. The Labute approximate surface area is 215 Å². The first-order valence-corrected chi connectivity index (χ1v) is 13.0. The van der Waals surface area contributed by atoms with Crippen molar-refractivity contribution in [3.8, 4) is 0 Å². The van der Waals surface area contributed by atoms with Gasteiger partial charge in [0.25, 0.3) is 0 Å². The monoisotopic (exact) mass is 492 g/mol. The number of hydrogen-bond acceptors (Lipinski definition) is 5. The second-order valence-electron chi connectivity index (χ2n) is 10.9. The fraction of sp³-hybridized carbons (Fsp3) is 0.312. The van der Waals surface area contributed by atoms with Crippen molar-refractivity contribution in [1.82, 2.24) is 0 Å². The van der Waals surface area contributed by atoms with E-state index in [4.69, 9.17) is 4.74 Å². The predicted octanol–water partition coefficient (Wildman–Crippen LogP) is 5.07. The molecule has 1 spiro atoms. The topological polar surface area (TPSA) is 83.8 Å². The van der Waals surface area contributed by atoms with Crippen molar-refractivity contribution in [2.24, 2.45) is 5.41 Å². The van der Waals surface area contributed by atoms with Gasteiger partial charge in [-0.15, -0.1) is 0 Å². The van der Waals surface area contributed by atoms with Crippen molar-refractivity contribution < 1.29 is 24.5 Å². The van der Waals surface area contributed by atoms with Gasteiger partial charge in [-0.2, -0.15) is 0 Å². The molecule has 1 saturated carbocycles. The summed E-state index contributed by atoms with van der Waals surface area (Å²) in [4.78, 5) is 28.1. The molecule has 37 heavy (non-hydrogen) atoms. The summed E-state index contributed by atoms with van der Waals surface area (Å²) >= 11 is 0. The summed E-state index contributed by atoms with van der Waals surface area (Å²) in [6.45, 7) is 0. The van der Waals surface area contributed by atoms with Crippen LogP contribution in [0.5, 0.6) is 0 Å². The number of ether oxygens (including phenoxy) is 1. The highest BCUT2D eigenvalue weighted by atomic mass is 16.6. The largest absolute Gasteiger partial charge is 0.465 e. The van der Waals surface area contributed by atoms with Crippen LogP contribution in [0.25, 0.3) is 0 Å². The number of carbonyl (C=O) groups excluding carboxylic acids is 2. The number of allylic oxidation sites excluding steroid dienone is 2. The molecule has 7 rings (SSSR count). The number of aliphatic hydroxyl groups excluding tert-OH is 1. The molecule has 186 valence electrons. The lowest BCUT2D eigenvalue weighted by Crippen LogP contribution is -2.65. The van der Waals surface area contributed by atoms with Crippen LogP contribution in [0, 0.1) is 5.41 Å². The van der Waals surface area contributed by atoms with Crippen molar-refractivity contribution >= 4 is 11.6 Å². The van der Waals surface area contributed by atoms with Crippen molar-refractivity contribution in [3.05, 3.63) is 119 Å². The van der Waals surface area contributed by atoms with E-state index in [2.05, 4.69) is 0 Å². The van der Waals surface area contributed by atoms with Crippen LogP contribution in [0.15, 0.2) is 96.3 Å². The lowest BCUT2D eigenvalue weighted by Gasteiger charge is -2.57. The third-order valence-electron chi connectivity index (χ3n) is 9.14. The molecule has 0 bridgehead atoms. The molecule has 6 atom stereocenters. The minimum absolute atomic E-state index is 0.0747. The summed E-state index contributed by atoms with van der Waals surface area (Å²) in [7, 11) is 0. The van der Waals surface area contributed by atoms with E-state index >= 15 is 0 Å². The first kappa shape index (κ1) is 22.6. The standard InChI is InChI=1S/C32H28O5/c33-25-15-21(19-9-3-1-4-10-19)16-26-28(25)29-23-13-7-8-14-24(23)30(35)32(29)27(34)17-22(18-31(32,36)37-26)20-11-5-2-6-12-20/h1-14,21-22,29-30,35-36H,15-18H2/t21?,22?,29-,30+,31+,32+/m1/s1. The van der Waals surface area contributed by atoms with Gasteiger partial charge < -0.3 is 14.9 Å². The number of carbonyl (C=O) groups is 2. The molecular formula is C32H28O5. The van der Waals surface area contributed by atoms with E-state index in [1.54, 1.807) is 6.07 Å². The van der Waals surface area contributed by atoms with E-state index in [-0.39, 0.29) is 36.2 Å². The van der Waals surface area contributed by atoms with E-state index in [0.717, 1.165) is 16.7 Å². The maximum Gasteiger partial charge on any atom is 0.224 e. The number of aliphatic hydroxyl groups is 2. The minimum atomic E-state index is -1.95. The molecular weight excluding hydrogens is 464 g/mol. The van der Waals surface area contributed by atoms with Crippen LogP contribution in [0.2, 0.25) is 0 Å². The SMILES string of the molecule is O=C1CC(c2ccccc2)CC2=C1[C@H]1c3ccccc3[C@H](O)[C@]13C(=O)CC(c1ccccc1)C[C@]3(O)O2. The first-order chi connectivity index (χ1) is 17.9. The molecule has 3 aromatic rings. The molecule has 0 amide bonds. The fourth-order valence-electron chi connectivity index (χ4n) is 7.56. The molecule has 3 aromatic carbocycles. The number of Topliss-reactive ketones (excluding diaryl/α,β-unsaturated/α-hetero) is 2. The highest BCUT2D eigenvalue weighted by Gasteiger charge is 2.75. The third-order valence-corrected chi connectivity index (χ3v) is 9.14. The Morgan fingerprint density at radius 1 is 0.730 bits per heavy atom. The van der Waals surface area contributed by atoms with E-state index in [9.17, 15) is 19.8 Å². The number of rotatable bonds is 2. The van der Waals surface area contributed by atoms with Gasteiger partial charge in [0, 0.05) is 37.2 Å². The summed E-state index contributed by atoms with van der Waals surface area (Å²) < 4.78 is 6.47. The van der Waals surface area contributed by atoms with Gasteiger partial charge >= 0.3 is 0 Å². The molecule has 3 aliphatic carbocycles. The Balaban J connectivity index is 1.41. The zero-order chi connectivity index (χ0) is 25.4. The summed E-state index contributed by atoms with van der Waals surface area (Å²) in [5.74, 6) is -2.90. The fourth-order valence-corrected chi connectivity index (χ4v) is 7.56. The maximum atomic E-state index is 14.2. The maximum absolute atomic E-state index is 14.2. The van der Waals surface area contributed by atoms with Gasteiger partial charge in [-0.1, -0.05) is 84.9 Å². The average Bonchev–Trinajstić information content (AvgIpc) is 3.18. The van der Waals surface area contributed by atoms with Gasteiger partial charge in [-0.3, -0.25) is 9.59 Å². The van der Waals surface area contributed by atoms with Gasteiger partial charge in [0.1, 0.15) is 17.0 Å². The zero-order valence-corrected chi connectivity index (χ0v) is 20.3. The number of ketones is 2. The van der Waals surface area contributed by atoms with Crippen molar-refractivity contribution in [2.75, 3.05) is 0 Å². The van der Waals surface area contributed by atoms with Crippen molar-refractivity contribution in [3.63, 3.8) is 0 Å². The van der Waals surface area contributed by atoms with Crippen molar-refractivity contribution in [2.45, 2.75) is 55.3 Å². The summed E-state index contributed by atoms with van der Waals surface area (Å²) in [5, 5.41) is 24.2. The molecule has 1 heterocycles. The molecule has 0 radical (unpaired) electrons. The quantitative estimate of drug-likeness (QED) is 0.522. The highest BCUT2D eigenvalue weighted by molar-refractivity contribution is 6.03.